The molecule has 336 valence electrons. The van der Waals surface area contributed by atoms with E-state index in [-0.39, 0.29) is 0 Å². The van der Waals surface area contributed by atoms with Gasteiger partial charge in [-0.15, -0.1) is 0 Å². The van der Waals surface area contributed by atoms with Crippen LogP contribution in [0.15, 0.2) is 243 Å². The van der Waals surface area contributed by atoms with E-state index in [1.165, 1.54) is 82.8 Å². The Balaban J connectivity index is 0.894. The Hall–Kier alpha value is -9.19. The van der Waals surface area contributed by atoms with E-state index in [0.717, 1.165) is 40.7 Å². The van der Waals surface area contributed by atoms with Crippen molar-refractivity contribution in [3.05, 3.63) is 259 Å². The maximum absolute atomic E-state index is 5.07. The van der Waals surface area contributed by atoms with Gasteiger partial charge in [-0.3, -0.25) is 0 Å². The van der Waals surface area contributed by atoms with Crippen LogP contribution in [0.3, 0.4) is 0 Å². The minimum Gasteiger partial charge on any atom is -0.309 e. The van der Waals surface area contributed by atoms with Crippen LogP contribution in [-0.2, 0) is 12.8 Å². The predicted octanol–water partition coefficient (Wildman–Crippen LogP) is 16.5. The molecule has 5 heteroatoms. The van der Waals surface area contributed by atoms with E-state index < -0.39 is 0 Å². The highest BCUT2D eigenvalue weighted by Gasteiger charge is 2.19. The number of hydrogen-bond donors (Lipinski definition) is 0. The van der Waals surface area contributed by atoms with E-state index in [1.807, 2.05) is 60.7 Å². The first-order valence-corrected chi connectivity index (χ1v) is 24.4. The third-order valence-electron chi connectivity index (χ3n) is 14.1. The fourth-order valence-electron chi connectivity index (χ4n) is 10.7. The molecule has 10 aromatic carbocycles. The van der Waals surface area contributed by atoms with Crippen molar-refractivity contribution in [3.8, 4) is 67.8 Å². The van der Waals surface area contributed by atoms with E-state index in [2.05, 4.69) is 198 Å². The van der Waals surface area contributed by atoms with Crippen LogP contribution in [0.25, 0.3) is 111 Å². The number of para-hydroxylation sites is 4. The van der Waals surface area contributed by atoms with Crippen molar-refractivity contribution in [1.82, 2.24) is 24.1 Å². The summed E-state index contributed by atoms with van der Waals surface area (Å²) in [5.74, 6) is 1.92. The fraction of sp³-hybridized carbons (Fsp3) is 0.0455. The molecule has 0 atom stereocenters. The van der Waals surface area contributed by atoms with Gasteiger partial charge in [0.05, 0.1) is 22.1 Å². The third-order valence-corrected chi connectivity index (χ3v) is 14.1. The lowest BCUT2D eigenvalue weighted by Crippen LogP contribution is -2.03. The van der Waals surface area contributed by atoms with Gasteiger partial charge in [-0.05, 0) is 107 Å². The Morgan fingerprint density at radius 2 is 0.761 bits per heavy atom. The average Bonchev–Trinajstić information content (AvgIpc) is 3.96. The summed E-state index contributed by atoms with van der Waals surface area (Å²) < 4.78 is 4.88. The van der Waals surface area contributed by atoms with Crippen LogP contribution in [0.1, 0.15) is 16.7 Å². The molecule has 13 rings (SSSR count). The Kier molecular flexibility index (Phi) is 10.5. The van der Waals surface area contributed by atoms with E-state index in [0.29, 0.717) is 17.5 Å². The molecule has 5 nitrogen and oxygen atoms in total. The molecule has 71 heavy (non-hydrogen) atoms. The third kappa shape index (κ3) is 7.56. The molecule has 0 aliphatic carbocycles. The van der Waals surface area contributed by atoms with Crippen molar-refractivity contribution < 1.29 is 0 Å². The number of rotatable bonds is 10. The highest BCUT2D eigenvalue weighted by molar-refractivity contribution is 6.10. The summed E-state index contributed by atoms with van der Waals surface area (Å²) in [5, 5.41) is 5.02. The average molecular weight is 910 g/mol. The molecule has 0 amide bonds. The molecule has 3 heterocycles. The van der Waals surface area contributed by atoms with Crippen LogP contribution in [0.5, 0.6) is 0 Å². The van der Waals surface area contributed by atoms with Gasteiger partial charge in [0.25, 0.3) is 0 Å². The van der Waals surface area contributed by atoms with Crippen LogP contribution in [0.2, 0.25) is 0 Å². The molecular weight excluding hydrogens is 863 g/mol. The molecule has 0 radical (unpaired) electrons. The first-order valence-electron chi connectivity index (χ1n) is 24.4. The SMILES string of the molecule is Cc1cc(-n2c3ccccc3c3ccccc32)ccc1-c1ccccc1CCc1ccc(-c2cccc(-c3nc(-c4ccccc4)nc(-c4ccccc4)n3)c2)cc1-n1c2ccccc2c2ccccc21. The second-order valence-electron chi connectivity index (χ2n) is 18.4. The second kappa shape index (κ2) is 17.7. The van der Waals surface area contributed by atoms with E-state index in [9.17, 15) is 0 Å². The molecule has 3 aromatic heterocycles. The molecule has 0 fully saturated rings. The number of benzene rings is 10. The zero-order chi connectivity index (χ0) is 47.3. The van der Waals surface area contributed by atoms with Crippen LogP contribution in [-0.4, -0.2) is 24.1 Å². The Morgan fingerprint density at radius 1 is 0.310 bits per heavy atom. The van der Waals surface area contributed by atoms with Gasteiger partial charge in [-0.1, -0.05) is 194 Å². The molecule has 0 unspecified atom stereocenters. The number of fused-ring (bicyclic) bond motifs is 6. The van der Waals surface area contributed by atoms with Crippen LogP contribution < -0.4 is 0 Å². The molecule has 0 saturated heterocycles. The lowest BCUT2D eigenvalue weighted by molar-refractivity contribution is 0.944. The number of aromatic nitrogens is 5. The maximum Gasteiger partial charge on any atom is 0.164 e. The quantitative estimate of drug-likeness (QED) is 0.137. The zero-order valence-corrected chi connectivity index (χ0v) is 39.2. The summed E-state index contributed by atoms with van der Waals surface area (Å²) in [6.07, 6.45) is 1.72. The van der Waals surface area contributed by atoms with Gasteiger partial charge in [-0.25, -0.2) is 15.0 Å². The van der Waals surface area contributed by atoms with Crippen LogP contribution >= 0.6 is 0 Å². The van der Waals surface area contributed by atoms with Gasteiger partial charge in [0.15, 0.2) is 17.5 Å². The van der Waals surface area contributed by atoms with Gasteiger partial charge in [-0.2, -0.15) is 0 Å². The van der Waals surface area contributed by atoms with E-state index >= 15 is 0 Å². The van der Waals surface area contributed by atoms with Crippen molar-refractivity contribution in [1.29, 1.82) is 0 Å². The second-order valence-corrected chi connectivity index (χ2v) is 18.4. The highest BCUT2D eigenvalue weighted by atomic mass is 15.0. The van der Waals surface area contributed by atoms with Crippen molar-refractivity contribution in [3.63, 3.8) is 0 Å². The van der Waals surface area contributed by atoms with Crippen LogP contribution in [0.4, 0.5) is 0 Å². The van der Waals surface area contributed by atoms with Crippen molar-refractivity contribution >= 4 is 43.6 Å². The van der Waals surface area contributed by atoms with Gasteiger partial charge >= 0.3 is 0 Å². The fourth-order valence-corrected chi connectivity index (χ4v) is 10.7. The number of hydrogen-bond acceptors (Lipinski definition) is 3. The minimum atomic E-state index is 0.633. The topological polar surface area (TPSA) is 48.5 Å². The summed E-state index contributed by atoms with van der Waals surface area (Å²) >= 11 is 0. The normalized spacial score (nSPS) is 11.6. The van der Waals surface area contributed by atoms with E-state index in [1.54, 1.807) is 0 Å². The predicted molar refractivity (Wildman–Crippen MR) is 294 cm³/mol. The smallest absolute Gasteiger partial charge is 0.164 e. The summed E-state index contributed by atoms with van der Waals surface area (Å²) in [7, 11) is 0. The van der Waals surface area contributed by atoms with Gasteiger partial charge in [0, 0.05) is 49.6 Å². The highest BCUT2D eigenvalue weighted by Crippen LogP contribution is 2.38. The largest absolute Gasteiger partial charge is 0.309 e. The van der Waals surface area contributed by atoms with Gasteiger partial charge in [0.1, 0.15) is 0 Å². The van der Waals surface area contributed by atoms with Crippen molar-refractivity contribution in [2.45, 2.75) is 19.8 Å². The summed E-state index contributed by atoms with van der Waals surface area (Å²) in [6, 6.07) is 86.9. The molecule has 0 bridgehead atoms. The standard InChI is InChI=1S/C66H47N5/c1-44-41-52(70-59-31-14-10-27-55(59)56-28-11-15-32-60(56)70)39-40-53(44)54-26-9-8-19-45(54)35-36-46-37-38-50(43-63(46)71-61-33-16-12-29-57(61)58-30-13-17-34-62(58)71)49-24-18-25-51(42-49)66-68-64(47-20-4-2-5-21-47)67-65(69-66)48-22-6-3-7-23-48/h2-34,37-43H,35-36H2,1H3. The lowest BCUT2D eigenvalue weighted by Gasteiger charge is -2.18. The number of nitrogens with zero attached hydrogens (tertiary/aromatic N) is 5. The molecule has 13 aromatic rings. The molecule has 0 spiro atoms. The molecule has 0 saturated carbocycles. The van der Waals surface area contributed by atoms with Gasteiger partial charge < -0.3 is 9.13 Å². The summed E-state index contributed by atoms with van der Waals surface area (Å²) in [6.45, 7) is 2.25. The lowest BCUT2D eigenvalue weighted by atomic mass is 9.91. The van der Waals surface area contributed by atoms with Gasteiger partial charge in [0.2, 0.25) is 0 Å². The minimum absolute atomic E-state index is 0.633. The zero-order valence-electron chi connectivity index (χ0n) is 39.2. The summed E-state index contributed by atoms with van der Waals surface area (Å²) in [5.41, 5.74) is 18.6. The Bertz CT molecular complexity index is 3960. The maximum atomic E-state index is 5.07. The summed E-state index contributed by atoms with van der Waals surface area (Å²) in [4.78, 5) is 15.1. The number of aryl methyl sites for hydroxylation is 3. The first-order chi connectivity index (χ1) is 35.1. The molecule has 0 N–H and O–H groups in total. The molecule has 0 aliphatic heterocycles. The molecular formula is C66H47N5. The van der Waals surface area contributed by atoms with Crippen molar-refractivity contribution in [2.24, 2.45) is 0 Å². The monoisotopic (exact) mass is 909 g/mol. The van der Waals surface area contributed by atoms with Crippen LogP contribution in [0, 0.1) is 6.92 Å². The first kappa shape index (κ1) is 42.0. The Labute approximate surface area is 412 Å². The molecule has 0 aliphatic rings. The Morgan fingerprint density at radius 3 is 1.34 bits per heavy atom. The van der Waals surface area contributed by atoms with E-state index in [4.69, 9.17) is 15.0 Å². The van der Waals surface area contributed by atoms with Crippen molar-refractivity contribution in [2.75, 3.05) is 0 Å².